The van der Waals surface area contributed by atoms with Crippen LogP contribution in [0.2, 0.25) is 0 Å². The van der Waals surface area contributed by atoms with Crippen molar-refractivity contribution in [3.8, 4) is 0 Å². The Morgan fingerprint density at radius 1 is 1.24 bits per heavy atom. The van der Waals surface area contributed by atoms with Crippen molar-refractivity contribution in [3.63, 3.8) is 0 Å². The molecular formula is C15H19F2N3O. The van der Waals surface area contributed by atoms with E-state index < -0.39 is 11.6 Å². The third kappa shape index (κ3) is 3.85. The molecule has 1 heterocycles. The lowest BCUT2D eigenvalue weighted by molar-refractivity contribution is 0.320. The maximum atomic E-state index is 13.2. The average Bonchev–Trinajstić information content (AvgIpc) is 2.86. The highest BCUT2D eigenvalue weighted by Crippen LogP contribution is 2.22. The predicted molar refractivity (Wildman–Crippen MR) is 75.0 cm³/mol. The molecule has 2 rings (SSSR count). The van der Waals surface area contributed by atoms with Gasteiger partial charge in [-0.05, 0) is 38.1 Å². The molecule has 0 saturated heterocycles. The fourth-order valence-corrected chi connectivity index (χ4v) is 2.33. The molecule has 0 amide bonds. The summed E-state index contributed by atoms with van der Waals surface area (Å²) < 4.78 is 31.6. The van der Waals surface area contributed by atoms with E-state index in [1.807, 2.05) is 20.9 Å². The van der Waals surface area contributed by atoms with Gasteiger partial charge in [-0.25, -0.2) is 8.78 Å². The predicted octanol–water partition coefficient (Wildman–Crippen LogP) is 3.04. The minimum absolute atomic E-state index is 0.112. The first-order chi connectivity index (χ1) is 10.0. The summed E-state index contributed by atoms with van der Waals surface area (Å²) in [6.45, 7) is 4.09. The van der Waals surface area contributed by atoms with Gasteiger partial charge in [-0.2, -0.15) is 4.98 Å². The van der Waals surface area contributed by atoms with Gasteiger partial charge < -0.3 is 9.84 Å². The molecule has 1 N–H and O–H groups in total. The van der Waals surface area contributed by atoms with Gasteiger partial charge in [-0.15, -0.1) is 0 Å². The van der Waals surface area contributed by atoms with Gasteiger partial charge in [0.2, 0.25) is 5.89 Å². The number of nitrogens with zero attached hydrogens (tertiary/aromatic N) is 2. The van der Waals surface area contributed by atoms with Gasteiger partial charge in [0.1, 0.15) is 11.6 Å². The highest BCUT2D eigenvalue weighted by atomic mass is 19.1. The van der Waals surface area contributed by atoms with E-state index in [0.29, 0.717) is 17.3 Å². The largest absolute Gasteiger partial charge is 0.339 e. The van der Waals surface area contributed by atoms with Crippen LogP contribution in [0, 0.1) is 11.6 Å². The molecule has 0 radical (unpaired) electrons. The molecule has 4 nitrogen and oxygen atoms in total. The maximum Gasteiger partial charge on any atom is 0.231 e. The van der Waals surface area contributed by atoms with E-state index in [2.05, 4.69) is 15.5 Å². The Morgan fingerprint density at radius 2 is 1.90 bits per heavy atom. The topological polar surface area (TPSA) is 51.0 Å². The van der Waals surface area contributed by atoms with E-state index >= 15 is 0 Å². The molecular weight excluding hydrogens is 276 g/mol. The van der Waals surface area contributed by atoms with Crippen LogP contribution < -0.4 is 5.32 Å². The molecule has 2 unspecified atom stereocenters. The number of rotatable bonds is 6. The maximum absolute atomic E-state index is 13.2. The highest BCUT2D eigenvalue weighted by molar-refractivity contribution is 5.21. The molecule has 0 fully saturated rings. The minimum Gasteiger partial charge on any atom is -0.339 e. The number of aromatic nitrogens is 2. The van der Waals surface area contributed by atoms with Crippen LogP contribution in [0.1, 0.15) is 43.5 Å². The fourth-order valence-electron chi connectivity index (χ4n) is 2.33. The Kier molecular flexibility index (Phi) is 5.01. The Bertz CT molecular complexity index is 580. The van der Waals surface area contributed by atoms with E-state index in [1.165, 1.54) is 12.1 Å². The quantitative estimate of drug-likeness (QED) is 0.890. The van der Waals surface area contributed by atoms with Crippen LogP contribution in [0.15, 0.2) is 22.7 Å². The lowest BCUT2D eigenvalue weighted by Gasteiger charge is -2.17. The van der Waals surface area contributed by atoms with Gasteiger partial charge in [0.25, 0.3) is 0 Å². The Labute approximate surface area is 122 Å². The summed E-state index contributed by atoms with van der Waals surface area (Å²) in [7, 11) is 1.88. The molecule has 0 aliphatic heterocycles. The van der Waals surface area contributed by atoms with Gasteiger partial charge in [0, 0.05) is 18.5 Å². The Balaban J connectivity index is 2.16. The van der Waals surface area contributed by atoms with E-state index in [9.17, 15) is 8.78 Å². The summed E-state index contributed by atoms with van der Waals surface area (Å²) in [5.74, 6) is -0.128. The minimum atomic E-state index is -0.607. The Morgan fingerprint density at radius 3 is 2.48 bits per heavy atom. The van der Waals surface area contributed by atoms with E-state index in [4.69, 9.17) is 4.52 Å². The van der Waals surface area contributed by atoms with Crippen LogP contribution >= 0.6 is 0 Å². The zero-order valence-electron chi connectivity index (χ0n) is 12.4. The number of halogens is 2. The Hall–Kier alpha value is -1.82. The summed E-state index contributed by atoms with van der Waals surface area (Å²) in [4.78, 5) is 4.34. The van der Waals surface area contributed by atoms with Gasteiger partial charge in [-0.3, -0.25) is 0 Å². The van der Waals surface area contributed by atoms with Crippen molar-refractivity contribution in [2.75, 3.05) is 7.05 Å². The summed E-state index contributed by atoms with van der Waals surface area (Å²) in [6, 6.07) is 3.58. The fraction of sp³-hybridized carbons (Fsp3) is 0.467. The first-order valence-electron chi connectivity index (χ1n) is 6.98. The lowest BCUT2D eigenvalue weighted by atomic mass is 9.98. The van der Waals surface area contributed by atoms with Gasteiger partial charge >= 0.3 is 0 Å². The molecule has 2 aromatic rings. The number of likely N-dealkylation sites (N-methyl/N-ethyl adjacent to an activating group) is 1. The van der Waals surface area contributed by atoms with E-state index in [1.54, 1.807) is 0 Å². The second kappa shape index (κ2) is 6.76. The second-order valence-corrected chi connectivity index (χ2v) is 5.10. The molecule has 1 aromatic carbocycles. The molecule has 2 atom stereocenters. The normalized spacial score (nSPS) is 14.1. The van der Waals surface area contributed by atoms with Gasteiger partial charge in [0.15, 0.2) is 5.82 Å². The SMILES string of the molecule is CCC(c1nc(Cc2cc(F)cc(F)c2)no1)C(C)NC. The molecule has 21 heavy (non-hydrogen) atoms. The van der Waals surface area contributed by atoms with Gasteiger partial charge in [0.05, 0.1) is 5.92 Å². The molecule has 0 aliphatic rings. The van der Waals surface area contributed by atoms with Crippen molar-refractivity contribution >= 4 is 0 Å². The molecule has 1 aromatic heterocycles. The molecule has 0 aliphatic carbocycles. The van der Waals surface area contributed by atoms with Crippen molar-refractivity contribution in [1.82, 2.24) is 15.5 Å². The van der Waals surface area contributed by atoms with Crippen LogP contribution in [0.4, 0.5) is 8.78 Å². The molecule has 0 bridgehead atoms. The smallest absolute Gasteiger partial charge is 0.231 e. The number of hydrogen-bond acceptors (Lipinski definition) is 4. The van der Waals surface area contributed by atoms with Crippen molar-refractivity contribution in [1.29, 1.82) is 0 Å². The van der Waals surface area contributed by atoms with Crippen molar-refractivity contribution in [2.45, 2.75) is 38.6 Å². The summed E-state index contributed by atoms with van der Waals surface area (Å²) in [6.07, 6.45) is 1.10. The third-order valence-corrected chi connectivity index (χ3v) is 3.58. The van der Waals surface area contributed by atoms with Gasteiger partial charge in [-0.1, -0.05) is 12.1 Å². The lowest BCUT2D eigenvalue weighted by Crippen LogP contribution is -2.28. The molecule has 0 spiro atoms. The van der Waals surface area contributed by atoms with Crippen LogP contribution in [0.3, 0.4) is 0 Å². The van der Waals surface area contributed by atoms with E-state index in [-0.39, 0.29) is 18.4 Å². The zero-order chi connectivity index (χ0) is 15.4. The number of hydrogen-bond donors (Lipinski definition) is 1. The summed E-state index contributed by atoms with van der Waals surface area (Å²) in [5.41, 5.74) is 0.481. The van der Waals surface area contributed by atoms with Crippen molar-refractivity contribution in [2.24, 2.45) is 0 Å². The molecule has 6 heteroatoms. The van der Waals surface area contributed by atoms with Crippen molar-refractivity contribution in [3.05, 3.63) is 47.1 Å². The van der Waals surface area contributed by atoms with Crippen LogP contribution in [-0.2, 0) is 6.42 Å². The summed E-state index contributed by atoms with van der Waals surface area (Å²) >= 11 is 0. The molecule has 114 valence electrons. The van der Waals surface area contributed by atoms with E-state index in [0.717, 1.165) is 12.5 Å². The second-order valence-electron chi connectivity index (χ2n) is 5.10. The highest BCUT2D eigenvalue weighted by Gasteiger charge is 2.22. The molecule has 0 saturated carbocycles. The first-order valence-corrected chi connectivity index (χ1v) is 6.98. The van der Waals surface area contributed by atoms with Crippen LogP contribution in [0.25, 0.3) is 0 Å². The van der Waals surface area contributed by atoms with Crippen LogP contribution in [-0.4, -0.2) is 23.2 Å². The summed E-state index contributed by atoms with van der Waals surface area (Å²) in [5, 5.41) is 7.06. The number of benzene rings is 1. The zero-order valence-corrected chi connectivity index (χ0v) is 12.4. The monoisotopic (exact) mass is 295 g/mol. The van der Waals surface area contributed by atoms with Crippen molar-refractivity contribution < 1.29 is 13.3 Å². The standard InChI is InChI=1S/C15H19F2N3O/c1-4-13(9(2)18-3)15-19-14(20-21-15)7-10-5-11(16)8-12(17)6-10/h5-6,8-9,13,18H,4,7H2,1-3H3. The third-order valence-electron chi connectivity index (χ3n) is 3.58. The first kappa shape index (κ1) is 15.6. The number of nitrogens with one attached hydrogen (secondary N) is 1. The average molecular weight is 295 g/mol. The van der Waals surface area contributed by atoms with Crippen LogP contribution in [0.5, 0.6) is 0 Å².